The summed E-state index contributed by atoms with van der Waals surface area (Å²) in [5.74, 6) is -0.875. The van der Waals surface area contributed by atoms with Gasteiger partial charge >= 0.3 is 5.97 Å². The molecule has 0 radical (unpaired) electrons. The van der Waals surface area contributed by atoms with Crippen LogP contribution in [0.2, 0.25) is 0 Å². The summed E-state index contributed by atoms with van der Waals surface area (Å²) in [5, 5.41) is 12.0. The zero-order valence-corrected chi connectivity index (χ0v) is 22.9. The Labute approximate surface area is 239 Å². The first kappa shape index (κ1) is 24.9. The monoisotopic (exact) mass is 563 g/mol. The number of ether oxygens (including phenoxy) is 2. The topological polar surface area (TPSA) is 128 Å². The van der Waals surface area contributed by atoms with Crippen molar-refractivity contribution in [3.8, 4) is 17.1 Å². The number of carbonyl (C=O) groups excluding carboxylic acids is 3. The number of aliphatic hydroxyl groups is 1. The Kier molecular flexibility index (Phi) is 4.96. The predicted molar refractivity (Wildman–Crippen MR) is 149 cm³/mol. The van der Waals surface area contributed by atoms with Crippen molar-refractivity contribution in [3.63, 3.8) is 0 Å². The molecule has 42 heavy (non-hydrogen) atoms. The van der Waals surface area contributed by atoms with Gasteiger partial charge in [-0.3, -0.25) is 19.3 Å². The van der Waals surface area contributed by atoms with Crippen molar-refractivity contribution in [1.82, 2.24) is 14.5 Å². The lowest BCUT2D eigenvalue weighted by molar-refractivity contribution is -0.172. The Hall–Kier alpha value is -4.83. The number of imide groups is 1. The van der Waals surface area contributed by atoms with Gasteiger partial charge in [0, 0.05) is 22.1 Å². The van der Waals surface area contributed by atoms with Crippen LogP contribution in [0.3, 0.4) is 0 Å². The van der Waals surface area contributed by atoms with Crippen molar-refractivity contribution >= 4 is 28.7 Å². The molecule has 1 unspecified atom stereocenters. The van der Waals surface area contributed by atoms with Crippen LogP contribution in [-0.2, 0) is 34.7 Å². The highest BCUT2D eigenvalue weighted by atomic mass is 16.6. The lowest BCUT2D eigenvalue weighted by atomic mass is 9.82. The molecule has 1 N–H and O–H groups in total. The summed E-state index contributed by atoms with van der Waals surface area (Å²) >= 11 is 0. The summed E-state index contributed by atoms with van der Waals surface area (Å²) in [5.41, 5.74) is 3.44. The molecule has 0 fully saturated rings. The van der Waals surface area contributed by atoms with E-state index >= 15 is 0 Å². The summed E-state index contributed by atoms with van der Waals surface area (Å²) in [4.78, 5) is 59.6. The number of pyridine rings is 2. The van der Waals surface area contributed by atoms with Gasteiger partial charge in [0.05, 0.1) is 53.3 Å². The quantitative estimate of drug-likeness (QED) is 0.262. The minimum atomic E-state index is -1.91. The molecular weight excluding hydrogens is 538 g/mol. The molecule has 0 saturated heterocycles. The number of benzene rings is 2. The molecule has 8 rings (SSSR count). The van der Waals surface area contributed by atoms with Gasteiger partial charge in [-0.25, -0.2) is 9.78 Å². The molecule has 0 bridgehead atoms. The Balaban J connectivity index is 1.34. The van der Waals surface area contributed by atoms with E-state index < -0.39 is 17.6 Å². The van der Waals surface area contributed by atoms with Crippen LogP contribution in [0.25, 0.3) is 22.3 Å². The Morgan fingerprint density at radius 3 is 2.48 bits per heavy atom. The standard InChI is InChI=1S/C32H25N3O7/c1-3-32(40)20-12-23-27-18(13-34(23)28(36)19(20)14-42-31(32)39)15-8-10-22(26-24(41-2)11-9-21(33-27)25(15)26)35-29(37)16-6-4-5-7-17(16)30(35)38/h4-7,9,11-12,22,40H,3,8,10,13-14H2,1-2H3/t22?,32-/m0/s1. The molecular formula is C32H25N3O7. The van der Waals surface area contributed by atoms with Crippen LogP contribution in [-0.4, -0.2) is 44.5 Å². The van der Waals surface area contributed by atoms with Crippen LogP contribution >= 0.6 is 0 Å². The molecule has 3 aliphatic heterocycles. The third-order valence-electron chi connectivity index (χ3n) is 9.33. The molecule has 2 aromatic heterocycles. The predicted octanol–water partition coefficient (Wildman–Crippen LogP) is 3.37. The molecule has 2 atom stereocenters. The van der Waals surface area contributed by atoms with Crippen LogP contribution in [0.15, 0.2) is 47.3 Å². The van der Waals surface area contributed by atoms with Gasteiger partial charge in [-0.05, 0) is 55.2 Å². The Morgan fingerprint density at radius 2 is 1.79 bits per heavy atom. The number of cyclic esters (lactones) is 1. The largest absolute Gasteiger partial charge is 0.496 e. The minimum absolute atomic E-state index is 0.0628. The zero-order chi connectivity index (χ0) is 29.1. The maximum Gasteiger partial charge on any atom is 0.343 e. The highest BCUT2D eigenvalue weighted by Crippen LogP contribution is 2.49. The number of nitrogens with zero attached hydrogens (tertiary/aromatic N) is 3. The van der Waals surface area contributed by atoms with Crippen LogP contribution in [0.5, 0.6) is 5.75 Å². The van der Waals surface area contributed by atoms with Gasteiger partial charge in [-0.1, -0.05) is 19.1 Å². The van der Waals surface area contributed by atoms with E-state index in [2.05, 4.69) is 0 Å². The van der Waals surface area contributed by atoms with Crippen molar-refractivity contribution in [2.45, 2.75) is 51.0 Å². The number of rotatable bonds is 3. The Bertz CT molecular complexity index is 1980. The lowest BCUT2D eigenvalue weighted by Crippen LogP contribution is -2.44. The first-order chi connectivity index (χ1) is 20.3. The van der Waals surface area contributed by atoms with Gasteiger partial charge in [0.25, 0.3) is 17.4 Å². The summed E-state index contributed by atoms with van der Waals surface area (Å²) in [6, 6.07) is 11.6. The van der Waals surface area contributed by atoms with E-state index in [1.807, 2.05) is 6.07 Å². The lowest BCUT2D eigenvalue weighted by Gasteiger charge is -2.33. The fourth-order valence-corrected chi connectivity index (χ4v) is 7.23. The van der Waals surface area contributed by atoms with Crippen LogP contribution < -0.4 is 10.3 Å². The van der Waals surface area contributed by atoms with Gasteiger partial charge in [-0.2, -0.15) is 0 Å². The SMILES string of the molecule is CC[C@@]1(O)C(=O)OCc2c1cc1n(c2=O)Cc2c-1nc1ccc(OC)c3c1c2CCC3N1C(=O)c2ccccc2C1=O. The number of carbonyl (C=O) groups is 3. The van der Waals surface area contributed by atoms with E-state index in [0.29, 0.717) is 46.6 Å². The van der Waals surface area contributed by atoms with E-state index in [-0.39, 0.29) is 48.1 Å². The summed E-state index contributed by atoms with van der Waals surface area (Å²) in [6.07, 6.45) is 1.08. The number of hydrogen-bond acceptors (Lipinski definition) is 8. The second kappa shape index (κ2) is 8.36. The number of aromatic nitrogens is 2. The van der Waals surface area contributed by atoms with Gasteiger partial charge < -0.3 is 19.1 Å². The number of fused-ring (bicyclic) bond motifs is 6. The molecule has 5 heterocycles. The first-order valence-electron chi connectivity index (χ1n) is 13.9. The Morgan fingerprint density at radius 1 is 1.05 bits per heavy atom. The average molecular weight is 564 g/mol. The van der Waals surface area contributed by atoms with Crippen LogP contribution in [0, 0.1) is 0 Å². The van der Waals surface area contributed by atoms with E-state index in [4.69, 9.17) is 14.5 Å². The second-order valence-electron chi connectivity index (χ2n) is 11.2. The summed E-state index contributed by atoms with van der Waals surface area (Å²) < 4.78 is 12.6. The average Bonchev–Trinajstić information content (AvgIpc) is 3.50. The van der Waals surface area contributed by atoms with Crippen molar-refractivity contribution < 1.29 is 29.0 Å². The molecule has 0 spiro atoms. The third-order valence-corrected chi connectivity index (χ3v) is 9.33. The fraction of sp³-hybridized carbons (Fsp3) is 0.281. The maximum atomic E-state index is 13.7. The first-order valence-corrected chi connectivity index (χ1v) is 13.9. The van der Waals surface area contributed by atoms with Gasteiger partial charge in [0.2, 0.25) is 0 Å². The normalized spacial score (nSPS) is 21.6. The van der Waals surface area contributed by atoms with Gasteiger partial charge in [0.1, 0.15) is 12.4 Å². The van der Waals surface area contributed by atoms with Gasteiger partial charge in [0.15, 0.2) is 5.60 Å². The van der Waals surface area contributed by atoms with Crippen LogP contribution in [0.4, 0.5) is 0 Å². The second-order valence-corrected chi connectivity index (χ2v) is 11.2. The summed E-state index contributed by atoms with van der Waals surface area (Å²) in [7, 11) is 1.56. The van der Waals surface area contributed by atoms with E-state index in [1.54, 1.807) is 55.0 Å². The maximum absolute atomic E-state index is 13.7. The zero-order valence-electron chi connectivity index (χ0n) is 22.9. The summed E-state index contributed by atoms with van der Waals surface area (Å²) in [6.45, 7) is 1.74. The van der Waals surface area contributed by atoms with Crippen molar-refractivity contribution in [1.29, 1.82) is 0 Å². The van der Waals surface area contributed by atoms with Gasteiger partial charge in [-0.15, -0.1) is 0 Å². The molecule has 1 aliphatic carbocycles. The van der Waals surface area contributed by atoms with Crippen molar-refractivity contribution in [2.24, 2.45) is 0 Å². The number of methoxy groups -OCH3 is 1. The molecule has 10 nitrogen and oxygen atoms in total. The number of esters is 1. The molecule has 2 aromatic carbocycles. The highest BCUT2D eigenvalue weighted by Gasteiger charge is 2.47. The van der Waals surface area contributed by atoms with Crippen molar-refractivity contribution in [3.05, 3.63) is 91.8 Å². The third kappa shape index (κ3) is 2.94. The fourth-order valence-electron chi connectivity index (χ4n) is 7.23. The molecule has 4 aromatic rings. The molecule has 10 heteroatoms. The smallest absolute Gasteiger partial charge is 0.343 e. The van der Waals surface area contributed by atoms with Crippen LogP contribution in [0.1, 0.15) is 74.3 Å². The molecule has 210 valence electrons. The number of amides is 2. The van der Waals surface area contributed by atoms with E-state index in [9.17, 15) is 24.3 Å². The molecule has 2 amide bonds. The molecule has 4 aliphatic rings. The van der Waals surface area contributed by atoms with E-state index in [1.165, 1.54) is 4.90 Å². The number of aryl methyl sites for hydroxylation is 1. The van der Waals surface area contributed by atoms with E-state index in [0.717, 1.165) is 22.1 Å². The molecule has 0 saturated carbocycles. The number of hydrogen-bond donors (Lipinski definition) is 1. The highest BCUT2D eigenvalue weighted by molar-refractivity contribution is 6.21. The minimum Gasteiger partial charge on any atom is -0.496 e. The van der Waals surface area contributed by atoms with Crippen molar-refractivity contribution in [2.75, 3.05) is 7.11 Å².